The van der Waals surface area contributed by atoms with E-state index in [0.717, 1.165) is 12.2 Å². The zero-order chi connectivity index (χ0) is 14.5. The summed E-state index contributed by atoms with van der Waals surface area (Å²) >= 11 is 7.59. The Morgan fingerprint density at radius 2 is 2.21 bits per heavy atom. The summed E-state index contributed by atoms with van der Waals surface area (Å²) in [6, 6.07) is 6.07. The van der Waals surface area contributed by atoms with Crippen LogP contribution in [0.4, 0.5) is 0 Å². The van der Waals surface area contributed by atoms with Crippen molar-refractivity contribution in [2.75, 3.05) is 12.0 Å². The van der Waals surface area contributed by atoms with Crippen LogP contribution in [0.2, 0.25) is 5.02 Å². The van der Waals surface area contributed by atoms with E-state index in [1.807, 2.05) is 12.3 Å². The van der Waals surface area contributed by atoms with Gasteiger partial charge in [-0.25, -0.2) is 13.1 Å². The highest BCUT2D eigenvalue weighted by molar-refractivity contribution is 7.98. The second-order valence-electron chi connectivity index (χ2n) is 4.03. The number of halogens is 1. The van der Waals surface area contributed by atoms with Crippen molar-refractivity contribution >= 4 is 33.4 Å². The molecule has 1 N–H and O–H groups in total. The summed E-state index contributed by atoms with van der Waals surface area (Å²) in [4.78, 5) is -0.0516. The lowest BCUT2D eigenvalue weighted by molar-refractivity contribution is 0.557. The monoisotopic (exact) mass is 318 g/mol. The first-order valence-corrected chi connectivity index (χ1v) is 8.87. The number of nitriles is 1. The van der Waals surface area contributed by atoms with E-state index in [2.05, 4.69) is 4.72 Å². The molecule has 0 radical (unpaired) electrons. The molecule has 7 heteroatoms. The minimum Gasteiger partial charge on any atom is -0.208 e. The van der Waals surface area contributed by atoms with Crippen LogP contribution in [0.15, 0.2) is 23.1 Å². The predicted octanol–water partition coefficient (Wildman–Crippen LogP) is 2.63. The Balaban J connectivity index is 2.99. The molecular formula is C12H15ClN2O2S2. The van der Waals surface area contributed by atoms with Crippen molar-refractivity contribution in [1.29, 1.82) is 5.26 Å². The summed E-state index contributed by atoms with van der Waals surface area (Å²) < 4.78 is 26.9. The van der Waals surface area contributed by atoms with Crippen LogP contribution in [0.5, 0.6) is 0 Å². The molecule has 1 aromatic rings. The lowest BCUT2D eigenvalue weighted by atomic mass is 10.2. The van der Waals surface area contributed by atoms with Gasteiger partial charge in [0.15, 0.2) is 0 Å². The van der Waals surface area contributed by atoms with E-state index in [-0.39, 0.29) is 21.5 Å². The predicted molar refractivity (Wildman–Crippen MR) is 78.9 cm³/mol. The number of nitrogens with one attached hydrogen (secondary N) is 1. The number of hydrogen-bond donors (Lipinski definition) is 1. The third kappa shape index (κ3) is 4.39. The lowest BCUT2D eigenvalue weighted by Gasteiger charge is -2.14. The first kappa shape index (κ1) is 16.3. The van der Waals surface area contributed by atoms with Crippen LogP contribution in [-0.4, -0.2) is 26.5 Å². The molecule has 19 heavy (non-hydrogen) atoms. The number of rotatable bonds is 6. The van der Waals surface area contributed by atoms with Crippen LogP contribution < -0.4 is 4.72 Å². The van der Waals surface area contributed by atoms with Gasteiger partial charge in [0, 0.05) is 6.04 Å². The summed E-state index contributed by atoms with van der Waals surface area (Å²) in [5.41, 5.74) is 0.154. The fourth-order valence-electron chi connectivity index (χ4n) is 1.49. The molecule has 0 aliphatic heterocycles. The van der Waals surface area contributed by atoms with E-state index >= 15 is 0 Å². The highest BCUT2D eigenvalue weighted by Gasteiger charge is 2.21. The van der Waals surface area contributed by atoms with Crippen molar-refractivity contribution in [3.8, 4) is 6.07 Å². The normalized spacial score (nSPS) is 12.9. The van der Waals surface area contributed by atoms with Crippen molar-refractivity contribution in [3.63, 3.8) is 0 Å². The third-order valence-electron chi connectivity index (χ3n) is 2.48. The third-order valence-corrected chi connectivity index (χ3v) is 5.28. The topological polar surface area (TPSA) is 70.0 Å². The van der Waals surface area contributed by atoms with Crippen LogP contribution in [0, 0.1) is 11.3 Å². The Bertz CT molecular complexity index is 582. The molecule has 1 atom stereocenters. The minimum atomic E-state index is -3.70. The second-order valence-corrected chi connectivity index (χ2v) is 7.08. The minimum absolute atomic E-state index is 0.0328. The Hall–Kier alpha value is -0.740. The number of thioether (sulfide) groups is 1. The summed E-state index contributed by atoms with van der Waals surface area (Å²) in [5, 5.41) is 8.82. The summed E-state index contributed by atoms with van der Waals surface area (Å²) in [6.45, 7) is 1.80. The van der Waals surface area contributed by atoms with E-state index in [9.17, 15) is 8.42 Å². The number of hydrogen-bond acceptors (Lipinski definition) is 4. The van der Waals surface area contributed by atoms with Gasteiger partial charge in [-0.2, -0.15) is 17.0 Å². The molecule has 0 aromatic heterocycles. The van der Waals surface area contributed by atoms with E-state index in [1.54, 1.807) is 18.7 Å². The Kier molecular flexibility index (Phi) is 6.14. The summed E-state index contributed by atoms with van der Waals surface area (Å²) in [5.74, 6) is 0.871. The Labute approximate surface area is 123 Å². The van der Waals surface area contributed by atoms with Crippen molar-refractivity contribution < 1.29 is 8.42 Å². The maximum atomic E-state index is 12.2. The number of nitrogens with zero attached hydrogens (tertiary/aromatic N) is 1. The zero-order valence-electron chi connectivity index (χ0n) is 10.7. The van der Waals surface area contributed by atoms with Gasteiger partial charge in [0.1, 0.15) is 11.0 Å². The quantitative estimate of drug-likeness (QED) is 0.875. The van der Waals surface area contributed by atoms with E-state index in [1.165, 1.54) is 18.2 Å². The van der Waals surface area contributed by atoms with Gasteiger partial charge in [0.05, 0.1) is 10.6 Å². The van der Waals surface area contributed by atoms with E-state index in [4.69, 9.17) is 16.9 Å². The van der Waals surface area contributed by atoms with Gasteiger partial charge < -0.3 is 0 Å². The highest BCUT2D eigenvalue weighted by atomic mass is 35.5. The standard InChI is InChI=1S/C12H15ClN2O2S2/c1-9(6-7-18-2)15-19(16,17)11-5-3-4-10(8-14)12(11)13/h3-5,9,15H,6-7H2,1-2H3. The lowest BCUT2D eigenvalue weighted by Crippen LogP contribution is -2.33. The van der Waals surface area contributed by atoms with Crippen molar-refractivity contribution in [2.24, 2.45) is 0 Å². The molecule has 0 spiro atoms. The van der Waals surface area contributed by atoms with Gasteiger partial charge in [-0.1, -0.05) is 17.7 Å². The smallest absolute Gasteiger partial charge is 0.208 e. The molecule has 1 rings (SSSR count). The molecule has 0 aliphatic carbocycles. The maximum absolute atomic E-state index is 12.2. The maximum Gasteiger partial charge on any atom is 0.242 e. The molecule has 4 nitrogen and oxygen atoms in total. The molecule has 1 unspecified atom stereocenters. The van der Waals surface area contributed by atoms with E-state index < -0.39 is 10.0 Å². The average molecular weight is 319 g/mol. The van der Waals surface area contributed by atoms with Gasteiger partial charge in [0.2, 0.25) is 10.0 Å². The molecule has 0 amide bonds. The van der Waals surface area contributed by atoms with Gasteiger partial charge >= 0.3 is 0 Å². The average Bonchev–Trinajstić information content (AvgIpc) is 2.35. The number of sulfonamides is 1. The second kappa shape index (κ2) is 7.15. The van der Waals surface area contributed by atoms with Gasteiger partial charge in [-0.05, 0) is 37.5 Å². The SMILES string of the molecule is CSCCC(C)NS(=O)(=O)c1cccc(C#N)c1Cl. The summed E-state index contributed by atoms with van der Waals surface area (Å²) in [7, 11) is -3.70. The largest absolute Gasteiger partial charge is 0.242 e. The first-order valence-electron chi connectivity index (χ1n) is 5.62. The van der Waals surface area contributed by atoms with Gasteiger partial charge in [-0.3, -0.25) is 0 Å². The molecule has 0 aliphatic rings. The van der Waals surface area contributed by atoms with Crippen molar-refractivity contribution in [1.82, 2.24) is 4.72 Å². The van der Waals surface area contributed by atoms with Crippen LogP contribution in [0.3, 0.4) is 0 Å². The van der Waals surface area contributed by atoms with Crippen LogP contribution in [0.1, 0.15) is 18.9 Å². The van der Waals surface area contributed by atoms with E-state index in [0.29, 0.717) is 0 Å². The van der Waals surface area contributed by atoms with Crippen LogP contribution in [-0.2, 0) is 10.0 Å². The van der Waals surface area contributed by atoms with Crippen molar-refractivity contribution in [3.05, 3.63) is 28.8 Å². The van der Waals surface area contributed by atoms with Crippen LogP contribution in [0.25, 0.3) is 0 Å². The number of benzene rings is 1. The molecule has 1 aromatic carbocycles. The fraction of sp³-hybridized carbons (Fsp3) is 0.417. The fourth-order valence-corrected chi connectivity index (χ4v) is 3.93. The molecule has 0 bridgehead atoms. The molecule has 0 fully saturated rings. The zero-order valence-corrected chi connectivity index (χ0v) is 13.1. The summed E-state index contributed by atoms with van der Waals surface area (Å²) in [6.07, 6.45) is 2.70. The van der Waals surface area contributed by atoms with Crippen molar-refractivity contribution in [2.45, 2.75) is 24.3 Å². The molecule has 0 saturated carbocycles. The molecular weight excluding hydrogens is 304 g/mol. The van der Waals surface area contributed by atoms with Gasteiger partial charge in [-0.15, -0.1) is 0 Å². The molecule has 104 valence electrons. The highest BCUT2D eigenvalue weighted by Crippen LogP contribution is 2.25. The molecule has 0 heterocycles. The Morgan fingerprint density at radius 1 is 1.53 bits per heavy atom. The van der Waals surface area contributed by atoms with Crippen LogP contribution >= 0.6 is 23.4 Å². The Morgan fingerprint density at radius 3 is 2.79 bits per heavy atom. The van der Waals surface area contributed by atoms with Gasteiger partial charge in [0.25, 0.3) is 0 Å². The molecule has 0 saturated heterocycles. The first-order chi connectivity index (χ1) is 8.92.